The minimum atomic E-state index is 0.470. The van der Waals surface area contributed by atoms with Gasteiger partial charge < -0.3 is 10.6 Å². The van der Waals surface area contributed by atoms with Crippen LogP contribution >= 0.6 is 12.2 Å². The molecule has 0 aliphatic rings. The molecule has 0 saturated carbocycles. The minimum absolute atomic E-state index is 0.470. The van der Waals surface area contributed by atoms with E-state index in [1.165, 1.54) is 0 Å². The summed E-state index contributed by atoms with van der Waals surface area (Å²) in [6, 6.07) is 0.470. The van der Waals surface area contributed by atoms with Gasteiger partial charge in [-0.05, 0) is 31.5 Å². The van der Waals surface area contributed by atoms with Crippen molar-refractivity contribution in [2.45, 2.75) is 40.2 Å². The monoisotopic (exact) mass is 188 g/mol. The van der Waals surface area contributed by atoms with Crippen LogP contribution in [0.5, 0.6) is 0 Å². The molecule has 0 radical (unpaired) electrons. The molecule has 0 amide bonds. The Hall–Kier alpha value is -0.310. The first-order chi connectivity index (χ1) is 5.56. The molecule has 0 aromatic heterocycles. The molecule has 0 spiro atoms. The molecule has 0 aromatic rings. The van der Waals surface area contributed by atoms with Crippen molar-refractivity contribution >= 4 is 17.3 Å². The molecule has 0 bridgehead atoms. The van der Waals surface area contributed by atoms with Crippen molar-refractivity contribution in [3.8, 4) is 0 Å². The summed E-state index contributed by atoms with van der Waals surface area (Å²) in [5.41, 5.74) is 0. The molecule has 72 valence electrons. The normalized spacial score (nSPS) is 12.8. The predicted molar refractivity (Wildman–Crippen MR) is 58.3 cm³/mol. The SMILES string of the molecule is CCC(C)NC(=S)NCC(C)C. The lowest BCUT2D eigenvalue weighted by Crippen LogP contribution is -2.41. The van der Waals surface area contributed by atoms with Gasteiger partial charge >= 0.3 is 0 Å². The number of thiocarbonyl (C=S) groups is 1. The van der Waals surface area contributed by atoms with Crippen molar-refractivity contribution in [2.75, 3.05) is 6.54 Å². The molecule has 12 heavy (non-hydrogen) atoms. The third kappa shape index (κ3) is 6.40. The number of hydrogen-bond donors (Lipinski definition) is 2. The number of rotatable bonds is 4. The molecule has 0 aliphatic carbocycles. The summed E-state index contributed by atoms with van der Waals surface area (Å²) < 4.78 is 0. The van der Waals surface area contributed by atoms with Gasteiger partial charge in [-0.3, -0.25) is 0 Å². The fourth-order valence-electron chi connectivity index (χ4n) is 0.674. The maximum Gasteiger partial charge on any atom is 0.166 e. The lowest BCUT2D eigenvalue weighted by Gasteiger charge is -2.16. The van der Waals surface area contributed by atoms with E-state index in [-0.39, 0.29) is 0 Å². The van der Waals surface area contributed by atoms with Crippen LogP contribution in [0.15, 0.2) is 0 Å². The summed E-state index contributed by atoms with van der Waals surface area (Å²) in [5.74, 6) is 0.640. The Labute approximate surface area is 81.1 Å². The zero-order valence-corrected chi connectivity index (χ0v) is 9.29. The Morgan fingerprint density at radius 3 is 2.33 bits per heavy atom. The first-order valence-corrected chi connectivity index (χ1v) is 5.01. The van der Waals surface area contributed by atoms with Gasteiger partial charge in [0.2, 0.25) is 0 Å². The van der Waals surface area contributed by atoms with Crippen molar-refractivity contribution in [3.05, 3.63) is 0 Å². The van der Waals surface area contributed by atoms with E-state index in [0.29, 0.717) is 12.0 Å². The third-order valence-corrected chi connectivity index (χ3v) is 1.92. The van der Waals surface area contributed by atoms with Crippen molar-refractivity contribution < 1.29 is 0 Å². The average molecular weight is 188 g/mol. The molecule has 2 N–H and O–H groups in total. The maximum absolute atomic E-state index is 5.09. The summed E-state index contributed by atoms with van der Waals surface area (Å²) in [7, 11) is 0. The molecule has 0 rings (SSSR count). The summed E-state index contributed by atoms with van der Waals surface area (Å²) in [6.45, 7) is 9.55. The van der Waals surface area contributed by atoms with Crippen LogP contribution in [-0.4, -0.2) is 17.7 Å². The van der Waals surface area contributed by atoms with E-state index in [9.17, 15) is 0 Å². The Kier molecular flexibility index (Phi) is 6.07. The topological polar surface area (TPSA) is 24.1 Å². The predicted octanol–water partition coefficient (Wildman–Crippen LogP) is 1.91. The van der Waals surface area contributed by atoms with Gasteiger partial charge in [-0.25, -0.2) is 0 Å². The average Bonchev–Trinajstić information content (AvgIpc) is 2.00. The van der Waals surface area contributed by atoms with Gasteiger partial charge in [-0.1, -0.05) is 20.8 Å². The molecule has 1 unspecified atom stereocenters. The molecule has 2 nitrogen and oxygen atoms in total. The van der Waals surface area contributed by atoms with Gasteiger partial charge in [0, 0.05) is 12.6 Å². The zero-order valence-electron chi connectivity index (χ0n) is 8.48. The second kappa shape index (κ2) is 6.23. The Morgan fingerprint density at radius 2 is 1.92 bits per heavy atom. The number of nitrogens with one attached hydrogen (secondary N) is 2. The van der Waals surface area contributed by atoms with E-state index in [1.54, 1.807) is 0 Å². The van der Waals surface area contributed by atoms with Crippen LogP contribution in [0.2, 0.25) is 0 Å². The third-order valence-electron chi connectivity index (χ3n) is 1.66. The van der Waals surface area contributed by atoms with Crippen molar-refractivity contribution in [1.82, 2.24) is 10.6 Å². The molecule has 0 heterocycles. The maximum atomic E-state index is 5.09. The van der Waals surface area contributed by atoms with E-state index in [1.807, 2.05) is 0 Å². The van der Waals surface area contributed by atoms with Crippen LogP contribution in [0.1, 0.15) is 34.1 Å². The summed E-state index contributed by atoms with van der Waals surface area (Å²) in [4.78, 5) is 0. The molecular weight excluding hydrogens is 168 g/mol. The Bertz CT molecular complexity index is 134. The highest BCUT2D eigenvalue weighted by Gasteiger charge is 2.00. The van der Waals surface area contributed by atoms with E-state index < -0.39 is 0 Å². The standard InChI is InChI=1S/C9H20N2S/c1-5-8(4)11-9(12)10-6-7(2)3/h7-8H,5-6H2,1-4H3,(H2,10,11,12). The van der Waals surface area contributed by atoms with E-state index in [4.69, 9.17) is 12.2 Å². The number of hydrogen-bond acceptors (Lipinski definition) is 1. The second-order valence-corrected chi connectivity index (χ2v) is 3.97. The van der Waals surface area contributed by atoms with Crippen LogP contribution in [0, 0.1) is 5.92 Å². The van der Waals surface area contributed by atoms with Gasteiger partial charge in [-0.2, -0.15) is 0 Å². The zero-order chi connectivity index (χ0) is 9.56. The lowest BCUT2D eigenvalue weighted by molar-refractivity contribution is 0.595. The van der Waals surface area contributed by atoms with Gasteiger partial charge in [0.25, 0.3) is 0 Å². The van der Waals surface area contributed by atoms with E-state index >= 15 is 0 Å². The van der Waals surface area contributed by atoms with E-state index in [0.717, 1.165) is 18.1 Å². The van der Waals surface area contributed by atoms with Gasteiger partial charge in [0.05, 0.1) is 0 Å². The van der Waals surface area contributed by atoms with Crippen LogP contribution in [0.3, 0.4) is 0 Å². The second-order valence-electron chi connectivity index (χ2n) is 3.56. The first-order valence-electron chi connectivity index (χ1n) is 4.60. The van der Waals surface area contributed by atoms with Crippen LogP contribution in [0.25, 0.3) is 0 Å². The molecular formula is C9H20N2S. The fraction of sp³-hybridized carbons (Fsp3) is 0.889. The van der Waals surface area contributed by atoms with Crippen molar-refractivity contribution in [3.63, 3.8) is 0 Å². The lowest BCUT2D eigenvalue weighted by atomic mass is 10.2. The molecule has 0 saturated heterocycles. The highest BCUT2D eigenvalue weighted by Crippen LogP contribution is 1.89. The van der Waals surface area contributed by atoms with Gasteiger partial charge in [0.15, 0.2) is 5.11 Å². The summed E-state index contributed by atoms with van der Waals surface area (Å²) >= 11 is 5.09. The Balaban J connectivity index is 3.46. The smallest absolute Gasteiger partial charge is 0.166 e. The Morgan fingerprint density at radius 1 is 1.33 bits per heavy atom. The van der Waals surface area contributed by atoms with Crippen molar-refractivity contribution in [2.24, 2.45) is 5.92 Å². The highest BCUT2D eigenvalue weighted by molar-refractivity contribution is 7.80. The van der Waals surface area contributed by atoms with E-state index in [2.05, 4.69) is 38.3 Å². The molecule has 3 heteroatoms. The first kappa shape index (κ1) is 11.7. The minimum Gasteiger partial charge on any atom is -0.362 e. The molecule has 0 aromatic carbocycles. The highest BCUT2D eigenvalue weighted by atomic mass is 32.1. The van der Waals surface area contributed by atoms with Crippen LogP contribution in [-0.2, 0) is 0 Å². The molecule has 0 aliphatic heterocycles. The molecule has 0 fully saturated rings. The molecule has 1 atom stereocenters. The fourth-order valence-corrected chi connectivity index (χ4v) is 0.958. The summed E-state index contributed by atoms with van der Waals surface area (Å²) in [5, 5.41) is 7.15. The van der Waals surface area contributed by atoms with Crippen molar-refractivity contribution in [1.29, 1.82) is 0 Å². The largest absolute Gasteiger partial charge is 0.362 e. The quantitative estimate of drug-likeness (QED) is 0.659. The van der Waals surface area contributed by atoms with Gasteiger partial charge in [-0.15, -0.1) is 0 Å². The summed E-state index contributed by atoms with van der Waals surface area (Å²) in [6.07, 6.45) is 1.10. The van der Waals surface area contributed by atoms with Crippen LogP contribution < -0.4 is 10.6 Å². The van der Waals surface area contributed by atoms with Crippen LogP contribution in [0.4, 0.5) is 0 Å². The van der Waals surface area contributed by atoms with Gasteiger partial charge in [0.1, 0.15) is 0 Å².